The van der Waals surface area contributed by atoms with Crippen molar-refractivity contribution in [2.24, 2.45) is 0 Å². The molecule has 1 atom stereocenters. The van der Waals surface area contributed by atoms with Gasteiger partial charge in [0.15, 0.2) is 0 Å². The zero-order valence-corrected chi connectivity index (χ0v) is 11.7. The van der Waals surface area contributed by atoms with E-state index in [1.165, 1.54) is 0 Å². The van der Waals surface area contributed by atoms with Gasteiger partial charge >= 0.3 is 0 Å². The standard InChI is InChI=1S/C12H12BrNO2S/c1-16-12-5-2-8(7-14-12)10(15)6-9-3-4-11(13)17-9/h2-5,7,10,15H,6H2,1H3. The highest BCUT2D eigenvalue weighted by molar-refractivity contribution is 9.11. The smallest absolute Gasteiger partial charge is 0.212 e. The summed E-state index contributed by atoms with van der Waals surface area (Å²) in [6.45, 7) is 0. The summed E-state index contributed by atoms with van der Waals surface area (Å²) in [6, 6.07) is 7.58. The normalized spacial score (nSPS) is 12.4. The van der Waals surface area contributed by atoms with E-state index in [0.29, 0.717) is 12.3 Å². The fourth-order valence-electron chi connectivity index (χ4n) is 1.48. The van der Waals surface area contributed by atoms with Crippen molar-refractivity contribution in [3.63, 3.8) is 0 Å². The van der Waals surface area contributed by atoms with Crippen LogP contribution in [-0.2, 0) is 6.42 Å². The number of rotatable bonds is 4. The molecule has 0 saturated carbocycles. The second kappa shape index (κ2) is 5.62. The first-order valence-electron chi connectivity index (χ1n) is 5.11. The second-order valence-corrected chi connectivity index (χ2v) is 6.11. The minimum atomic E-state index is -0.529. The molecule has 5 heteroatoms. The number of hydrogen-bond acceptors (Lipinski definition) is 4. The lowest BCUT2D eigenvalue weighted by Crippen LogP contribution is -2.01. The van der Waals surface area contributed by atoms with E-state index < -0.39 is 6.10 Å². The topological polar surface area (TPSA) is 42.4 Å². The van der Waals surface area contributed by atoms with Crippen LogP contribution >= 0.6 is 27.3 Å². The van der Waals surface area contributed by atoms with E-state index >= 15 is 0 Å². The summed E-state index contributed by atoms with van der Waals surface area (Å²) >= 11 is 5.04. The summed E-state index contributed by atoms with van der Waals surface area (Å²) < 4.78 is 6.05. The Balaban J connectivity index is 2.06. The molecule has 0 radical (unpaired) electrons. The highest BCUT2D eigenvalue weighted by Gasteiger charge is 2.10. The predicted octanol–water partition coefficient (Wildman–Crippen LogP) is 3.19. The maximum atomic E-state index is 10.1. The van der Waals surface area contributed by atoms with Gasteiger partial charge in [0.2, 0.25) is 5.88 Å². The monoisotopic (exact) mass is 313 g/mol. The molecular formula is C12H12BrNO2S. The van der Waals surface area contributed by atoms with Crippen LogP contribution < -0.4 is 4.74 Å². The van der Waals surface area contributed by atoms with Crippen molar-refractivity contribution in [3.05, 3.63) is 44.7 Å². The van der Waals surface area contributed by atoms with Crippen LogP contribution in [0.2, 0.25) is 0 Å². The van der Waals surface area contributed by atoms with E-state index in [9.17, 15) is 5.11 Å². The van der Waals surface area contributed by atoms with Crippen LogP contribution in [0.1, 0.15) is 16.5 Å². The largest absolute Gasteiger partial charge is 0.481 e. The molecule has 3 nitrogen and oxygen atoms in total. The quantitative estimate of drug-likeness (QED) is 0.942. The van der Waals surface area contributed by atoms with Gasteiger partial charge < -0.3 is 9.84 Å². The van der Waals surface area contributed by atoms with Crippen LogP contribution in [0, 0.1) is 0 Å². The third kappa shape index (κ3) is 3.28. The second-order valence-electron chi connectivity index (χ2n) is 3.56. The Morgan fingerprint density at radius 3 is 2.76 bits per heavy atom. The minimum Gasteiger partial charge on any atom is -0.481 e. The molecule has 2 heterocycles. The summed E-state index contributed by atoms with van der Waals surface area (Å²) in [6.07, 6.45) is 1.72. The van der Waals surface area contributed by atoms with Crippen molar-refractivity contribution in [1.29, 1.82) is 0 Å². The first kappa shape index (κ1) is 12.5. The van der Waals surface area contributed by atoms with Gasteiger partial charge in [-0.05, 0) is 39.7 Å². The zero-order chi connectivity index (χ0) is 12.3. The van der Waals surface area contributed by atoms with Gasteiger partial charge in [0.05, 0.1) is 17.0 Å². The van der Waals surface area contributed by atoms with Crippen LogP contribution in [-0.4, -0.2) is 17.2 Å². The maximum Gasteiger partial charge on any atom is 0.212 e. The van der Waals surface area contributed by atoms with Crippen molar-refractivity contribution >= 4 is 27.3 Å². The number of thiophene rings is 1. The summed E-state index contributed by atoms with van der Waals surface area (Å²) in [5.41, 5.74) is 0.801. The van der Waals surface area contributed by atoms with E-state index in [2.05, 4.69) is 20.9 Å². The van der Waals surface area contributed by atoms with E-state index in [-0.39, 0.29) is 0 Å². The average molecular weight is 314 g/mol. The van der Waals surface area contributed by atoms with Gasteiger partial charge in [0, 0.05) is 23.6 Å². The first-order chi connectivity index (χ1) is 8.19. The molecule has 0 fully saturated rings. The molecule has 0 saturated heterocycles. The number of pyridine rings is 1. The molecule has 0 aliphatic carbocycles. The van der Waals surface area contributed by atoms with Gasteiger partial charge in [-0.1, -0.05) is 0 Å². The van der Waals surface area contributed by atoms with Gasteiger partial charge in [-0.3, -0.25) is 0 Å². The molecule has 0 aliphatic heterocycles. The van der Waals surface area contributed by atoms with Crippen molar-refractivity contribution in [1.82, 2.24) is 4.98 Å². The van der Waals surface area contributed by atoms with Crippen LogP contribution in [0.4, 0.5) is 0 Å². The van der Waals surface area contributed by atoms with Crippen molar-refractivity contribution in [3.8, 4) is 5.88 Å². The lowest BCUT2D eigenvalue weighted by Gasteiger charge is -2.09. The predicted molar refractivity (Wildman–Crippen MR) is 71.5 cm³/mol. The maximum absolute atomic E-state index is 10.1. The van der Waals surface area contributed by atoms with Crippen molar-refractivity contribution in [2.45, 2.75) is 12.5 Å². The van der Waals surface area contributed by atoms with Crippen molar-refractivity contribution in [2.75, 3.05) is 7.11 Å². The van der Waals surface area contributed by atoms with E-state index in [0.717, 1.165) is 14.2 Å². The van der Waals surface area contributed by atoms with E-state index in [1.807, 2.05) is 18.2 Å². The minimum absolute atomic E-state index is 0.529. The Morgan fingerprint density at radius 1 is 1.41 bits per heavy atom. The van der Waals surface area contributed by atoms with Crippen LogP contribution in [0.15, 0.2) is 34.2 Å². The first-order valence-corrected chi connectivity index (χ1v) is 6.72. The highest BCUT2D eigenvalue weighted by atomic mass is 79.9. The SMILES string of the molecule is COc1ccc(C(O)Cc2ccc(Br)s2)cn1. The van der Waals surface area contributed by atoms with E-state index in [1.54, 1.807) is 30.7 Å². The van der Waals surface area contributed by atoms with Gasteiger partial charge in [0.25, 0.3) is 0 Å². The average Bonchev–Trinajstić information content (AvgIpc) is 2.75. The number of hydrogen-bond donors (Lipinski definition) is 1. The summed E-state index contributed by atoms with van der Waals surface area (Å²) in [7, 11) is 1.57. The third-order valence-electron chi connectivity index (χ3n) is 2.38. The molecule has 0 aromatic carbocycles. The molecule has 17 heavy (non-hydrogen) atoms. The Hall–Kier alpha value is -0.910. The number of nitrogens with zero attached hydrogens (tertiary/aromatic N) is 1. The fourth-order valence-corrected chi connectivity index (χ4v) is 3.00. The molecule has 0 bridgehead atoms. The molecular weight excluding hydrogens is 302 g/mol. The van der Waals surface area contributed by atoms with Gasteiger partial charge in [-0.25, -0.2) is 4.98 Å². The highest BCUT2D eigenvalue weighted by Crippen LogP contribution is 2.27. The number of aliphatic hydroxyl groups is 1. The van der Waals surface area contributed by atoms with Crippen molar-refractivity contribution < 1.29 is 9.84 Å². The van der Waals surface area contributed by atoms with E-state index in [4.69, 9.17) is 4.74 Å². The summed E-state index contributed by atoms with van der Waals surface area (Å²) in [5, 5.41) is 10.1. The summed E-state index contributed by atoms with van der Waals surface area (Å²) in [5.74, 6) is 0.555. The van der Waals surface area contributed by atoms with Crippen LogP contribution in [0.3, 0.4) is 0 Å². The fraction of sp³-hybridized carbons (Fsp3) is 0.250. The van der Waals surface area contributed by atoms with Gasteiger partial charge in [0.1, 0.15) is 0 Å². The number of aromatic nitrogens is 1. The Labute approximate surface area is 112 Å². The lowest BCUT2D eigenvalue weighted by molar-refractivity contribution is 0.179. The molecule has 1 unspecified atom stereocenters. The third-order valence-corrected chi connectivity index (χ3v) is 4.02. The molecule has 0 amide bonds. The Bertz CT molecular complexity index is 484. The molecule has 2 aromatic heterocycles. The number of methoxy groups -OCH3 is 1. The zero-order valence-electron chi connectivity index (χ0n) is 9.26. The molecule has 1 N–H and O–H groups in total. The molecule has 90 valence electrons. The summed E-state index contributed by atoms with van der Waals surface area (Å²) in [4.78, 5) is 5.22. The molecule has 0 aliphatic rings. The Morgan fingerprint density at radius 2 is 2.24 bits per heavy atom. The van der Waals surface area contributed by atoms with Gasteiger partial charge in [-0.15, -0.1) is 11.3 Å². The van der Waals surface area contributed by atoms with Crippen LogP contribution in [0.5, 0.6) is 5.88 Å². The lowest BCUT2D eigenvalue weighted by atomic mass is 10.1. The Kier molecular flexibility index (Phi) is 4.15. The molecule has 2 rings (SSSR count). The number of halogens is 1. The molecule has 0 spiro atoms. The van der Waals surface area contributed by atoms with Crippen LogP contribution in [0.25, 0.3) is 0 Å². The number of aliphatic hydroxyl groups excluding tert-OH is 1. The molecule has 2 aromatic rings. The number of ether oxygens (including phenoxy) is 1. The van der Waals surface area contributed by atoms with Gasteiger partial charge in [-0.2, -0.15) is 0 Å².